The van der Waals surface area contributed by atoms with Gasteiger partial charge in [0, 0.05) is 11.8 Å². The number of benzene rings is 2. The third kappa shape index (κ3) is 2.10. The molecule has 0 unspecified atom stereocenters. The van der Waals surface area contributed by atoms with Crippen LogP contribution in [-0.4, -0.2) is 24.8 Å². The van der Waals surface area contributed by atoms with Gasteiger partial charge in [-0.05, 0) is 36.4 Å². The quantitative estimate of drug-likeness (QED) is 0.595. The minimum absolute atomic E-state index is 0.133. The lowest BCUT2D eigenvalue weighted by atomic mass is 10.1. The Kier molecular flexibility index (Phi) is 2.98. The van der Waals surface area contributed by atoms with E-state index in [1.165, 1.54) is 0 Å². The fourth-order valence-electron chi connectivity index (χ4n) is 2.64. The van der Waals surface area contributed by atoms with Crippen LogP contribution in [-0.2, 0) is 0 Å². The first-order valence-corrected chi connectivity index (χ1v) is 7.16. The molecule has 112 valence electrons. The van der Waals surface area contributed by atoms with Crippen LogP contribution in [0.3, 0.4) is 0 Å². The maximum absolute atomic E-state index is 10.1. The molecule has 5 heteroatoms. The standard InChI is InChI=1S/C18H13N3O2/c22-15-9-3-1-6-12(15)17-14-8-5-11-19-21(14)18(20-17)13-7-2-4-10-16(13)23/h1-11,22-23H. The topological polar surface area (TPSA) is 70.7 Å². The molecule has 0 aliphatic rings. The molecule has 0 aliphatic carbocycles. The van der Waals surface area contributed by atoms with Gasteiger partial charge in [0.05, 0.1) is 11.1 Å². The average Bonchev–Trinajstić information content (AvgIpc) is 2.95. The van der Waals surface area contributed by atoms with Crippen molar-refractivity contribution in [3.8, 4) is 34.1 Å². The molecule has 0 aliphatic heterocycles. The third-order valence-electron chi connectivity index (χ3n) is 3.72. The number of rotatable bonds is 2. The molecule has 0 saturated heterocycles. The van der Waals surface area contributed by atoms with Crippen LogP contribution in [0.25, 0.3) is 28.2 Å². The number of aromatic nitrogens is 3. The second-order valence-corrected chi connectivity index (χ2v) is 5.14. The Morgan fingerprint density at radius 2 is 1.39 bits per heavy atom. The predicted octanol–water partition coefficient (Wildman–Crippen LogP) is 3.47. The molecule has 0 bridgehead atoms. The molecule has 2 aromatic heterocycles. The van der Waals surface area contributed by atoms with Crippen molar-refractivity contribution in [1.82, 2.24) is 14.6 Å². The number of imidazole rings is 1. The molecule has 0 fully saturated rings. The second-order valence-electron chi connectivity index (χ2n) is 5.14. The smallest absolute Gasteiger partial charge is 0.165 e. The Balaban J connectivity index is 2.06. The SMILES string of the molecule is Oc1ccccc1-c1nc(-c2ccccc2O)n2ncccc12. The van der Waals surface area contributed by atoms with Crippen molar-refractivity contribution in [3.05, 3.63) is 66.9 Å². The zero-order valence-corrected chi connectivity index (χ0v) is 12.1. The molecular formula is C18H13N3O2. The van der Waals surface area contributed by atoms with Gasteiger partial charge >= 0.3 is 0 Å². The molecule has 2 heterocycles. The Morgan fingerprint density at radius 1 is 0.739 bits per heavy atom. The summed E-state index contributed by atoms with van der Waals surface area (Å²) in [6.45, 7) is 0. The van der Waals surface area contributed by atoms with Gasteiger partial charge in [0.1, 0.15) is 17.2 Å². The summed E-state index contributed by atoms with van der Waals surface area (Å²) >= 11 is 0. The zero-order valence-electron chi connectivity index (χ0n) is 12.1. The molecule has 4 aromatic rings. The minimum Gasteiger partial charge on any atom is -0.507 e. The summed E-state index contributed by atoms with van der Waals surface area (Å²) in [5.41, 5.74) is 2.59. The molecule has 0 saturated carbocycles. The molecular weight excluding hydrogens is 290 g/mol. The third-order valence-corrected chi connectivity index (χ3v) is 3.72. The van der Waals surface area contributed by atoms with Crippen LogP contribution in [0.4, 0.5) is 0 Å². The van der Waals surface area contributed by atoms with Crippen LogP contribution >= 0.6 is 0 Å². The molecule has 0 spiro atoms. The van der Waals surface area contributed by atoms with Crippen molar-refractivity contribution in [3.63, 3.8) is 0 Å². The zero-order chi connectivity index (χ0) is 15.8. The highest BCUT2D eigenvalue weighted by Gasteiger charge is 2.18. The lowest BCUT2D eigenvalue weighted by Crippen LogP contribution is -1.93. The first kappa shape index (κ1) is 13.3. The molecule has 2 aromatic carbocycles. The lowest BCUT2D eigenvalue weighted by molar-refractivity contribution is 0.476. The Morgan fingerprint density at radius 3 is 2.09 bits per heavy atom. The summed E-state index contributed by atoms with van der Waals surface area (Å²) in [7, 11) is 0. The lowest BCUT2D eigenvalue weighted by Gasteiger charge is -2.02. The number of hydrogen-bond acceptors (Lipinski definition) is 4. The van der Waals surface area contributed by atoms with Gasteiger partial charge in [0.25, 0.3) is 0 Å². The Bertz CT molecular complexity index is 929. The van der Waals surface area contributed by atoms with Crippen molar-refractivity contribution < 1.29 is 10.2 Å². The molecule has 23 heavy (non-hydrogen) atoms. The van der Waals surface area contributed by atoms with Crippen LogP contribution in [0.5, 0.6) is 11.5 Å². The largest absolute Gasteiger partial charge is 0.507 e. The van der Waals surface area contributed by atoms with Crippen molar-refractivity contribution in [2.45, 2.75) is 0 Å². The van der Waals surface area contributed by atoms with E-state index in [0.29, 0.717) is 22.6 Å². The number of fused-ring (bicyclic) bond motifs is 1. The Hall–Kier alpha value is -3.34. The first-order valence-electron chi connectivity index (χ1n) is 7.16. The summed E-state index contributed by atoms with van der Waals surface area (Å²) < 4.78 is 1.66. The van der Waals surface area contributed by atoms with Crippen molar-refractivity contribution in [1.29, 1.82) is 0 Å². The normalized spacial score (nSPS) is 11.0. The van der Waals surface area contributed by atoms with E-state index in [1.54, 1.807) is 47.1 Å². The number of phenols is 2. The van der Waals surface area contributed by atoms with E-state index in [1.807, 2.05) is 24.3 Å². The molecule has 0 radical (unpaired) electrons. The van der Waals surface area contributed by atoms with Gasteiger partial charge in [0.2, 0.25) is 0 Å². The van der Waals surface area contributed by atoms with Gasteiger partial charge in [-0.25, -0.2) is 9.50 Å². The highest BCUT2D eigenvalue weighted by atomic mass is 16.3. The predicted molar refractivity (Wildman–Crippen MR) is 87.2 cm³/mol. The van der Waals surface area contributed by atoms with Crippen molar-refractivity contribution >= 4 is 5.52 Å². The highest BCUT2D eigenvalue weighted by molar-refractivity contribution is 5.84. The molecule has 4 rings (SSSR count). The van der Waals surface area contributed by atoms with Crippen LogP contribution in [0.2, 0.25) is 0 Å². The molecule has 0 amide bonds. The van der Waals surface area contributed by atoms with E-state index in [-0.39, 0.29) is 11.5 Å². The summed E-state index contributed by atoms with van der Waals surface area (Å²) in [4.78, 5) is 4.63. The highest BCUT2D eigenvalue weighted by Crippen LogP contribution is 2.35. The summed E-state index contributed by atoms with van der Waals surface area (Å²) in [5.74, 6) is 0.811. The van der Waals surface area contributed by atoms with Crippen LogP contribution in [0, 0.1) is 0 Å². The van der Waals surface area contributed by atoms with E-state index in [2.05, 4.69) is 10.1 Å². The molecule has 0 atom stereocenters. The van der Waals surface area contributed by atoms with Crippen LogP contribution in [0.15, 0.2) is 66.9 Å². The number of nitrogens with zero attached hydrogens (tertiary/aromatic N) is 3. The molecule has 5 nitrogen and oxygen atoms in total. The van der Waals surface area contributed by atoms with E-state index in [9.17, 15) is 10.2 Å². The fraction of sp³-hybridized carbons (Fsp3) is 0. The Labute approximate surface area is 132 Å². The minimum atomic E-state index is 0.133. The van der Waals surface area contributed by atoms with Crippen LogP contribution < -0.4 is 0 Å². The van der Waals surface area contributed by atoms with E-state index in [4.69, 9.17) is 0 Å². The molecule has 2 N–H and O–H groups in total. The average molecular weight is 303 g/mol. The fourth-order valence-corrected chi connectivity index (χ4v) is 2.64. The van der Waals surface area contributed by atoms with Gasteiger partial charge in [0.15, 0.2) is 5.82 Å². The van der Waals surface area contributed by atoms with Gasteiger partial charge in [-0.2, -0.15) is 5.10 Å². The van der Waals surface area contributed by atoms with E-state index in [0.717, 1.165) is 5.52 Å². The van der Waals surface area contributed by atoms with E-state index >= 15 is 0 Å². The van der Waals surface area contributed by atoms with Gasteiger partial charge in [-0.1, -0.05) is 24.3 Å². The number of phenolic OH excluding ortho intramolecular Hbond substituents is 2. The first-order chi connectivity index (χ1) is 11.3. The second kappa shape index (κ2) is 5.14. The maximum atomic E-state index is 10.1. The number of aromatic hydroxyl groups is 2. The number of hydrogen-bond donors (Lipinski definition) is 2. The maximum Gasteiger partial charge on any atom is 0.165 e. The van der Waals surface area contributed by atoms with Crippen molar-refractivity contribution in [2.75, 3.05) is 0 Å². The van der Waals surface area contributed by atoms with Gasteiger partial charge in [-0.3, -0.25) is 0 Å². The van der Waals surface area contributed by atoms with Crippen molar-refractivity contribution in [2.24, 2.45) is 0 Å². The van der Waals surface area contributed by atoms with Gasteiger partial charge in [-0.15, -0.1) is 0 Å². The van der Waals surface area contributed by atoms with E-state index < -0.39 is 0 Å². The number of para-hydroxylation sites is 2. The van der Waals surface area contributed by atoms with Gasteiger partial charge < -0.3 is 10.2 Å². The van der Waals surface area contributed by atoms with Crippen LogP contribution in [0.1, 0.15) is 0 Å². The summed E-state index contributed by atoms with van der Waals surface area (Å²) in [5, 5.41) is 24.6. The summed E-state index contributed by atoms with van der Waals surface area (Å²) in [6, 6.07) is 17.7. The monoisotopic (exact) mass is 303 g/mol. The summed E-state index contributed by atoms with van der Waals surface area (Å²) in [6.07, 6.45) is 1.66.